The minimum Gasteiger partial charge on any atom is -0.399 e. The molecule has 30 heavy (non-hydrogen) atoms. The maximum Gasteiger partial charge on any atom is 0.417 e. The molecule has 1 aliphatic rings. The lowest BCUT2D eigenvalue weighted by molar-refractivity contribution is -0.137. The van der Waals surface area contributed by atoms with Gasteiger partial charge < -0.3 is 10.6 Å². The molecule has 3 rings (SSSR count). The summed E-state index contributed by atoms with van der Waals surface area (Å²) in [5, 5.41) is 5.08. The normalized spacial score (nSPS) is 17.4. The summed E-state index contributed by atoms with van der Waals surface area (Å²) in [6.07, 6.45) is -2.56. The second kappa shape index (κ2) is 8.19. The number of halogens is 4. The van der Waals surface area contributed by atoms with E-state index in [9.17, 15) is 18.0 Å². The molecule has 0 saturated carbocycles. The molecule has 1 aliphatic heterocycles. The van der Waals surface area contributed by atoms with Crippen LogP contribution in [0, 0.1) is 0 Å². The van der Waals surface area contributed by atoms with Gasteiger partial charge in [-0.2, -0.15) is 18.3 Å². The van der Waals surface area contributed by atoms with E-state index in [1.807, 2.05) is 6.92 Å². The third-order valence-electron chi connectivity index (χ3n) is 5.12. The molecule has 1 atom stereocenters. The third-order valence-corrected chi connectivity index (χ3v) is 5.53. The Labute approximate surface area is 176 Å². The lowest BCUT2D eigenvalue weighted by Gasteiger charge is -2.37. The molecule has 1 aromatic heterocycles. The summed E-state index contributed by atoms with van der Waals surface area (Å²) in [4.78, 5) is 14.4. The van der Waals surface area contributed by atoms with Crippen molar-refractivity contribution in [3.63, 3.8) is 0 Å². The van der Waals surface area contributed by atoms with Crippen LogP contribution < -0.4 is 16.6 Å². The van der Waals surface area contributed by atoms with Crippen LogP contribution in [0.15, 0.2) is 41.9 Å². The number of benzene rings is 1. The monoisotopic (exact) mass is 442 g/mol. The molecule has 1 aromatic carbocycles. The zero-order chi connectivity index (χ0) is 22.2. The first kappa shape index (κ1) is 22.0. The molecule has 11 heteroatoms. The number of carbonyl (C=O) groups excluding carboxylic acids is 1. The van der Waals surface area contributed by atoms with Crippen molar-refractivity contribution in [2.75, 3.05) is 11.6 Å². The van der Waals surface area contributed by atoms with Gasteiger partial charge in [0, 0.05) is 31.8 Å². The minimum absolute atomic E-state index is 0.213. The van der Waals surface area contributed by atoms with Crippen LogP contribution in [-0.2, 0) is 12.7 Å². The molecule has 0 bridgehead atoms. The van der Waals surface area contributed by atoms with Gasteiger partial charge in [0.15, 0.2) is 5.82 Å². The molecule has 4 N–H and O–H groups in total. The number of carbonyl (C=O) groups is 1. The molecule has 1 amide bonds. The fraction of sp³-hybridized carbons (Fsp3) is 0.368. The van der Waals surface area contributed by atoms with Gasteiger partial charge in [-0.25, -0.2) is 5.84 Å². The molecule has 2 aromatic rings. The zero-order valence-electron chi connectivity index (χ0n) is 16.4. The number of amides is 1. The molecule has 0 spiro atoms. The van der Waals surface area contributed by atoms with Gasteiger partial charge in [-0.1, -0.05) is 17.7 Å². The van der Waals surface area contributed by atoms with Crippen molar-refractivity contribution in [2.24, 2.45) is 11.6 Å². The average Bonchev–Trinajstić information content (AvgIpc) is 3.17. The van der Waals surface area contributed by atoms with E-state index in [1.54, 1.807) is 23.9 Å². The number of anilines is 1. The van der Waals surface area contributed by atoms with Gasteiger partial charge in [0.1, 0.15) is 0 Å². The molecule has 162 valence electrons. The number of hydrazine groups is 1. The fourth-order valence-corrected chi connectivity index (χ4v) is 3.69. The van der Waals surface area contributed by atoms with E-state index in [0.717, 1.165) is 12.1 Å². The van der Waals surface area contributed by atoms with Crippen LogP contribution in [0.3, 0.4) is 0 Å². The van der Waals surface area contributed by atoms with Crippen molar-refractivity contribution in [3.8, 4) is 0 Å². The lowest BCUT2D eigenvalue weighted by Crippen LogP contribution is -2.49. The molecule has 2 heterocycles. The van der Waals surface area contributed by atoms with Crippen molar-refractivity contribution in [1.29, 1.82) is 0 Å². The van der Waals surface area contributed by atoms with Crippen molar-refractivity contribution in [2.45, 2.75) is 39.0 Å². The van der Waals surface area contributed by atoms with Crippen LogP contribution in [-0.4, -0.2) is 33.2 Å². The zero-order valence-corrected chi connectivity index (χ0v) is 17.2. The molecule has 7 nitrogen and oxygen atoms in total. The van der Waals surface area contributed by atoms with Crippen molar-refractivity contribution >= 4 is 23.3 Å². The quantitative estimate of drug-likeness (QED) is 0.559. The maximum absolute atomic E-state index is 13.1. The summed E-state index contributed by atoms with van der Waals surface area (Å²) >= 11 is 5.92. The molecule has 0 fully saturated rings. The van der Waals surface area contributed by atoms with Crippen LogP contribution in [0.2, 0.25) is 5.02 Å². The summed E-state index contributed by atoms with van der Waals surface area (Å²) in [6, 6.07) is 4.43. The Morgan fingerprint density at radius 3 is 2.67 bits per heavy atom. The molecule has 0 aliphatic carbocycles. The van der Waals surface area contributed by atoms with E-state index in [-0.39, 0.29) is 12.1 Å². The first-order valence-corrected chi connectivity index (χ1v) is 9.67. The number of nitrogens with two attached hydrogens (primary N) is 2. The Balaban J connectivity index is 1.88. The summed E-state index contributed by atoms with van der Waals surface area (Å²) in [7, 11) is 0. The summed E-state index contributed by atoms with van der Waals surface area (Å²) < 4.78 is 41.1. The Morgan fingerprint density at radius 1 is 1.37 bits per heavy atom. The predicted octanol–water partition coefficient (Wildman–Crippen LogP) is 3.36. The van der Waals surface area contributed by atoms with Crippen LogP contribution >= 0.6 is 11.6 Å². The highest BCUT2D eigenvalue weighted by atomic mass is 35.5. The fourth-order valence-electron chi connectivity index (χ4n) is 3.37. The van der Waals surface area contributed by atoms with Crippen molar-refractivity contribution in [3.05, 3.63) is 58.0 Å². The topological polar surface area (TPSA) is 93.4 Å². The van der Waals surface area contributed by atoms with Crippen molar-refractivity contribution in [1.82, 2.24) is 14.7 Å². The number of alkyl halides is 3. The molecule has 0 radical (unpaired) electrons. The number of nitrogens with zero attached hydrogens (tertiary/aromatic N) is 4. The lowest BCUT2D eigenvalue weighted by atomic mass is 10.0. The van der Waals surface area contributed by atoms with Crippen molar-refractivity contribution < 1.29 is 18.0 Å². The third kappa shape index (κ3) is 3.97. The average molecular weight is 443 g/mol. The van der Waals surface area contributed by atoms with E-state index in [4.69, 9.17) is 23.2 Å². The van der Waals surface area contributed by atoms with Gasteiger partial charge in [0.2, 0.25) is 0 Å². The Hall–Kier alpha value is -2.72. The van der Waals surface area contributed by atoms with Crippen LogP contribution in [0.4, 0.5) is 19.0 Å². The number of aromatic nitrogens is 2. The number of rotatable bonds is 4. The summed E-state index contributed by atoms with van der Waals surface area (Å²) in [5.74, 6) is 6.06. The molecule has 1 unspecified atom stereocenters. The first-order valence-electron chi connectivity index (χ1n) is 9.29. The number of hydrogen-bond donors (Lipinski definition) is 2. The highest BCUT2D eigenvalue weighted by molar-refractivity contribution is 6.34. The minimum atomic E-state index is -4.66. The number of aryl methyl sites for hydroxylation is 1. The van der Waals surface area contributed by atoms with Crippen LogP contribution in [0.1, 0.15) is 36.2 Å². The van der Waals surface area contributed by atoms with E-state index in [1.165, 1.54) is 16.0 Å². The molecular formula is C19H22ClF3N6O. The van der Waals surface area contributed by atoms with E-state index < -0.39 is 28.7 Å². The van der Waals surface area contributed by atoms with Crippen LogP contribution in [0.25, 0.3) is 0 Å². The van der Waals surface area contributed by atoms with Gasteiger partial charge in [-0.3, -0.25) is 14.5 Å². The smallest absolute Gasteiger partial charge is 0.399 e. The highest BCUT2D eigenvalue weighted by Crippen LogP contribution is 2.37. The second-order valence-electron chi connectivity index (χ2n) is 6.89. The Kier molecular flexibility index (Phi) is 6.00. The summed E-state index contributed by atoms with van der Waals surface area (Å²) in [5.41, 5.74) is 5.93. The molecule has 0 saturated heterocycles. The first-order chi connectivity index (χ1) is 14.1. The Morgan fingerprint density at radius 2 is 2.07 bits per heavy atom. The highest BCUT2D eigenvalue weighted by Gasteiger charge is 2.37. The molecular weight excluding hydrogens is 421 g/mol. The largest absolute Gasteiger partial charge is 0.417 e. The number of hydrogen-bond acceptors (Lipinski definition) is 5. The van der Waals surface area contributed by atoms with Gasteiger partial charge in [0.25, 0.3) is 5.91 Å². The Bertz CT molecular complexity index is 987. The van der Waals surface area contributed by atoms with Gasteiger partial charge >= 0.3 is 6.18 Å². The van der Waals surface area contributed by atoms with Gasteiger partial charge in [0.05, 0.1) is 33.6 Å². The van der Waals surface area contributed by atoms with Crippen LogP contribution in [0.5, 0.6) is 0 Å². The maximum atomic E-state index is 13.1. The van der Waals surface area contributed by atoms with Gasteiger partial charge in [-0.05, 0) is 26.0 Å². The van der Waals surface area contributed by atoms with Gasteiger partial charge in [-0.15, -0.1) is 0 Å². The second-order valence-corrected chi connectivity index (χ2v) is 7.27. The van der Waals surface area contributed by atoms with E-state index in [0.29, 0.717) is 30.2 Å². The predicted molar refractivity (Wildman–Crippen MR) is 107 cm³/mol. The van der Waals surface area contributed by atoms with E-state index in [2.05, 4.69) is 5.10 Å². The standard InChI is InChI=1S/C19H22ClF3N6O/c1-3-27-9-8-15(26-27)29(25)14-7-10-28(11(2)17(14)24)18(30)12-5-4-6-13(16(12)20)19(21,22)23/h4-6,8-9,11H,3,7,10,24-25H2,1-2H3. The summed E-state index contributed by atoms with van der Waals surface area (Å²) in [6.45, 7) is 4.52. The van der Waals surface area contributed by atoms with E-state index >= 15 is 0 Å². The SMILES string of the molecule is CCn1ccc(N(N)C2=C(N)C(C)N(C(=O)c3cccc(C(F)(F)F)c3Cl)CC2)n1.